The molecule has 12 heavy (non-hydrogen) atoms. The summed E-state index contributed by atoms with van der Waals surface area (Å²) in [6.07, 6.45) is 5.46. The molecule has 2 nitrogen and oxygen atoms in total. The summed E-state index contributed by atoms with van der Waals surface area (Å²) in [7, 11) is 8.79. The Bertz CT molecular complexity index is 94.5. The molecule has 2 heteroatoms. The molecule has 0 fully saturated rings. The Morgan fingerprint density at radius 1 is 0.917 bits per heavy atom. The minimum atomic E-state index is 1.10. The van der Waals surface area contributed by atoms with Crippen LogP contribution in [-0.2, 0) is 0 Å². The van der Waals surface area contributed by atoms with Gasteiger partial charge in [0.05, 0.1) is 27.7 Å². The lowest BCUT2D eigenvalue weighted by Gasteiger charge is -2.23. The maximum atomic E-state index is 3.17. The van der Waals surface area contributed by atoms with Crippen molar-refractivity contribution in [3.05, 3.63) is 0 Å². The van der Waals surface area contributed by atoms with E-state index < -0.39 is 0 Å². The molecule has 0 rings (SSSR count). The van der Waals surface area contributed by atoms with Crippen LogP contribution in [0.3, 0.4) is 0 Å². The van der Waals surface area contributed by atoms with Crippen molar-refractivity contribution in [1.82, 2.24) is 5.32 Å². The van der Waals surface area contributed by atoms with Gasteiger partial charge in [0, 0.05) is 0 Å². The topological polar surface area (TPSA) is 12.0 Å². The van der Waals surface area contributed by atoms with Crippen LogP contribution in [-0.4, -0.2) is 45.8 Å². The van der Waals surface area contributed by atoms with Crippen LogP contribution in [0.4, 0.5) is 0 Å². The molecule has 74 valence electrons. The van der Waals surface area contributed by atoms with Gasteiger partial charge in [0.2, 0.25) is 0 Å². The molecule has 0 amide bonds. The predicted octanol–water partition coefficient (Wildman–Crippen LogP) is 1.47. The summed E-state index contributed by atoms with van der Waals surface area (Å²) in [5.41, 5.74) is 0. The zero-order chi connectivity index (χ0) is 9.45. The van der Waals surface area contributed by atoms with Crippen molar-refractivity contribution in [2.24, 2.45) is 0 Å². The fourth-order valence-electron chi connectivity index (χ4n) is 1.24. The number of hydrogen-bond donors (Lipinski definition) is 1. The third-order valence-corrected chi connectivity index (χ3v) is 2.01. The highest BCUT2D eigenvalue weighted by atomic mass is 15.3. The highest BCUT2D eigenvalue weighted by Crippen LogP contribution is 2.02. The molecular weight excluding hydrogens is 148 g/mol. The molecule has 0 spiro atoms. The quantitative estimate of drug-likeness (QED) is 0.454. The molecule has 0 unspecified atom stereocenters. The van der Waals surface area contributed by atoms with E-state index in [4.69, 9.17) is 0 Å². The van der Waals surface area contributed by atoms with Gasteiger partial charge in [0.1, 0.15) is 0 Å². The van der Waals surface area contributed by atoms with Gasteiger partial charge in [-0.05, 0) is 32.9 Å². The fraction of sp³-hybridized carbons (Fsp3) is 1.00. The van der Waals surface area contributed by atoms with Crippen molar-refractivity contribution >= 4 is 0 Å². The summed E-state index contributed by atoms with van der Waals surface area (Å²) >= 11 is 0. The van der Waals surface area contributed by atoms with Crippen molar-refractivity contribution in [2.45, 2.75) is 25.7 Å². The van der Waals surface area contributed by atoms with Gasteiger partial charge < -0.3 is 9.80 Å². The molecule has 0 aliphatic rings. The predicted molar refractivity (Wildman–Crippen MR) is 55.3 cm³/mol. The van der Waals surface area contributed by atoms with E-state index in [9.17, 15) is 0 Å². The van der Waals surface area contributed by atoms with Crippen LogP contribution in [0.25, 0.3) is 0 Å². The lowest BCUT2D eigenvalue weighted by atomic mass is 10.2. The molecule has 0 atom stereocenters. The van der Waals surface area contributed by atoms with Crippen LogP contribution in [0.15, 0.2) is 0 Å². The van der Waals surface area contributed by atoms with E-state index in [0.717, 1.165) is 4.48 Å². The first-order valence-electron chi connectivity index (χ1n) is 5.01. The second-order valence-electron chi connectivity index (χ2n) is 4.53. The van der Waals surface area contributed by atoms with Gasteiger partial charge in [-0.1, -0.05) is 6.42 Å². The second-order valence-corrected chi connectivity index (χ2v) is 4.53. The summed E-state index contributed by atoms with van der Waals surface area (Å²) in [5, 5.41) is 3.17. The Morgan fingerprint density at radius 2 is 1.50 bits per heavy atom. The van der Waals surface area contributed by atoms with Crippen LogP contribution < -0.4 is 5.32 Å². The van der Waals surface area contributed by atoms with Crippen LogP contribution in [0.5, 0.6) is 0 Å². The van der Waals surface area contributed by atoms with E-state index >= 15 is 0 Å². The largest absolute Gasteiger partial charge is 0.331 e. The van der Waals surface area contributed by atoms with E-state index in [2.05, 4.69) is 26.5 Å². The summed E-state index contributed by atoms with van der Waals surface area (Å²) in [5.74, 6) is 0. The maximum absolute atomic E-state index is 3.17. The summed E-state index contributed by atoms with van der Waals surface area (Å²) in [4.78, 5) is 0. The Kier molecular flexibility index (Phi) is 6.39. The number of nitrogens with zero attached hydrogens (tertiary/aromatic N) is 1. The van der Waals surface area contributed by atoms with E-state index in [1.807, 2.05) is 7.05 Å². The number of rotatable bonds is 7. The first-order chi connectivity index (χ1) is 5.56. The van der Waals surface area contributed by atoms with Gasteiger partial charge >= 0.3 is 0 Å². The molecule has 0 aromatic rings. The van der Waals surface area contributed by atoms with Gasteiger partial charge in [0.25, 0.3) is 0 Å². The summed E-state index contributed by atoms with van der Waals surface area (Å²) < 4.78 is 1.10. The SMILES string of the molecule is CNCCCCCC[N+](C)(C)C. The van der Waals surface area contributed by atoms with Crippen molar-refractivity contribution in [1.29, 1.82) is 0 Å². The van der Waals surface area contributed by atoms with Crippen molar-refractivity contribution in [3.8, 4) is 0 Å². The van der Waals surface area contributed by atoms with E-state index in [1.165, 1.54) is 38.8 Å². The van der Waals surface area contributed by atoms with Crippen LogP contribution in [0, 0.1) is 0 Å². The molecular formula is C10H25N2+. The Morgan fingerprint density at radius 3 is 2.00 bits per heavy atom. The van der Waals surface area contributed by atoms with Crippen LogP contribution in [0.1, 0.15) is 25.7 Å². The first kappa shape index (κ1) is 11.9. The lowest BCUT2D eigenvalue weighted by molar-refractivity contribution is -0.870. The molecule has 0 aliphatic heterocycles. The van der Waals surface area contributed by atoms with Gasteiger partial charge in [-0.25, -0.2) is 0 Å². The molecule has 0 radical (unpaired) electrons. The van der Waals surface area contributed by atoms with Gasteiger partial charge in [0.15, 0.2) is 0 Å². The molecule has 0 saturated heterocycles. The van der Waals surface area contributed by atoms with Gasteiger partial charge in [-0.15, -0.1) is 0 Å². The monoisotopic (exact) mass is 173 g/mol. The van der Waals surface area contributed by atoms with Crippen molar-refractivity contribution in [2.75, 3.05) is 41.3 Å². The Labute approximate surface area is 77.5 Å². The zero-order valence-electron chi connectivity index (χ0n) is 9.19. The number of unbranched alkanes of at least 4 members (excludes halogenated alkanes) is 3. The Hall–Kier alpha value is -0.0800. The van der Waals surface area contributed by atoms with Crippen LogP contribution >= 0.6 is 0 Å². The summed E-state index contributed by atoms with van der Waals surface area (Å²) in [6.45, 7) is 2.48. The van der Waals surface area contributed by atoms with Gasteiger partial charge in [-0.2, -0.15) is 0 Å². The minimum Gasteiger partial charge on any atom is -0.331 e. The second kappa shape index (κ2) is 6.44. The number of hydrogen-bond acceptors (Lipinski definition) is 1. The fourth-order valence-corrected chi connectivity index (χ4v) is 1.24. The summed E-state index contributed by atoms with van der Waals surface area (Å²) in [6, 6.07) is 0. The Balaban J connectivity index is 3.01. The molecule has 1 N–H and O–H groups in total. The number of quaternary nitrogens is 1. The average Bonchev–Trinajstić information content (AvgIpc) is 1.94. The lowest BCUT2D eigenvalue weighted by Crippen LogP contribution is -2.35. The average molecular weight is 173 g/mol. The molecule has 0 aromatic heterocycles. The highest BCUT2D eigenvalue weighted by molar-refractivity contribution is 4.44. The van der Waals surface area contributed by atoms with E-state index in [1.54, 1.807) is 0 Å². The number of nitrogens with one attached hydrogen (secondary N) is 1. The molecule has 0 bridgehead atoms. The van der Waals surface area contributed by atoms with Crippen molar-refractivity contribution in [3.63, 3.8) is 0 Å². The molecule has 0 saturated carbocycles. The third-order valence-electron chi connectivity index (χ3n) is 2.01. The van der Waals surface area contributed by atoms with Gasteiger partial charge in [-0.3, -0.25) is 0 Å². The first-order valence-corrected chi connectivity index (χ1v) is 5.01. The molecule has 0 aromatic carbocycles. The third kappa shape index (κ3) is 9.92. The zero-order valence-corrected chi connectivity index (χ0v) is 9.19. The standard InChI is InChI=1S/C10H25N2/c1-11-9-7-5-6-8-10-12(2,3)4/h11H,5-10H2,1-4H3/q+1. The maximum Gasteiger partial charge on any atom is 0.0780 e. The van der Waals surface area contributed by atoms with Crippen LogP contribution in [0.2, 0.25) is 0 Å². The smallest absolute Gasteiger partial charge is 0.0780 e. The minimum absolute atomic E-state index is 1.10. The normalized spacial score (nSPS) is 12.0. The highest BCUT2D eigenvalue weighted by Gasteiger charge is 2.04. The van der Waals surface area contributed by atoms with Crippen molar-refractivity contribution < 1.29 is 4.48 Å². The molecule has 0 aliphatic carbocycles. The molecule has 0 heterocycles. The van der Waals surface area contributed by atoms with E-state index in [-0.39, 0.29) is 0 Å². The van der Waals surface area contributed by atoms with E-state index in [0.29, 0.717) is 0 Å².